The quantitative estimate of drug-likeness (QED) is 0.884. The molecular formula is C18H19ClN2O2. The Labute approximate surface area is 141 Å². The highest BCUT2D eigenvalue weighted by Crippen LogP contribution is 2.33. The normalized spacial score (nSPS) is 17.1. The molecule has 0 aliphatic carbocycles. The lowest BCUT2D eigenvalue weighted by atomic mass is 10.0. The summed E-state index contributed by atoms with van der Waals surface area (Å²) in [4.78, 5) is 14.4. The molecule has 4 nitrogen and oxygen atoms in total. The van der Waals surface area contributed by atoms with Gasteiger partial charge in [-0.15, -0.1) is 0 Å². The van der Waals surface area contributed by atoms with E-state index >= 15 is 0 Å². The second kappa shape index (κ2) is 6.92. The first-order valence-electron chi connectivity index (χ1n) is 7.64. The zero-order valence-electron chi connectivity index (χ0n) is 13.0. The van der Waals surface area contributed by atoms with Crippen LogP contribution in [0.3, 0.4) is 0 Å². The van der Waals surface area contributed by atoms with Gasteiger partial charge in [-0.25, -0.2) is 4.79 Å². The number of nitrogens with zero attached hydrogens (tertiary/aromatic N) is 1. The Bertz CT molecular complexity index is 670. The van der Waals surface area contributed by atoms with Crippen LogP contribution in [0.4, 0.5) is 10.5 Å². The van der Waals surface area contributed by atoms with Gasteiger partial charge in [-0.3, -0.25) is 0 Å². The fraction of sp³-hybridized carbons (Fsp3) is 0.278. The second-order valence-corrected chi connectivity index (χ2v) is 6.00. The van der Waals surface area contributed by atoms with Crippen LogP contribution in [-0.2, 0) is 0 Å². The van der Waals surface area contributed by atoms with Crippen molar-refractivity contribution in [3.8, 4) is 5.75 Å². The second-order valence-electron chi connectivity index (χ2n) is 5.56. The van der Waals surface area contributed by atoms with Crippen LogP contribution in [0.5, 0.6) is 5.75 Å². The Morgan fingerprint density at radius 3 is 2.52 bits per heavy atom. The van der Waals surface area contributed by atoms with Crippen LogP contribution in [0.25, 0.3) is 0 Å². The van der Waals surface area contributed by atoms with E-state index in [1.807, 2.05) is 29.2 Å². The molecule has 2 amide bonds. The Balaban J connectivity index is 1.72. The number of nitrogens with one attached hydrogen (secondary N) is 1. The first kappa shape index (κ1) is 15.7. The van der Waals surface area contributed by atoms with E-state index in [4.69, 9.17) is 16.3 Å². The molecule has 1 atom stereocenters. The summed E-state index contributed by atoms with van der Waals surface area (Å²) in [6.07, 6.45) is 1.98. The lowest BCUT2D eigenvalue weighted by Crippen LogP contribution is -2.34. The first-order chi connectivity index (χ1) is 11.2. The molecule has 2 aromatic rings. The molecule has 1 heterocycles. The van der Waals surface area contributed by atoms with E-state index in [0.717, 1.165) is 36.4 Å². The summed E-state index contributed by atoms with van der Waals surface area (Å²) in [6, 6.07) is 15.1. The maximum Gasteiger partial charge on any atom is 0.322 e. The van der Waals surface area contributed by atoms with Crippen molar-refractivity contribution in [1.29, 1.82) is 0 Å². The van der Waals surface area contributed by atoms with E-state index in [1.165, 1.54) is 0 Å². The Kier molecular flexibility index (Phi) is 4.72. The van der Waals surface area contributed by atoms with Crippen molar-refractivity contribution in [3.05, 3.63) is 59.1 Å². The average Bonchev–Trinajstić information content (AvgIpc) is 3.07. The van der Waals surface area contributed by atoms with E-state index in [-0.39, 0.29) is 12.1 Å². The third-order valence-electron chi connectivity index (χ3n) is 4.11. The van der Waals surface area contributed by atoms with Gasteiger partial charge in [-0.2, -0.15) is 0 Å². The molecule has 3 rings (SSSR count). The lowest BCUT2D eigenvalue weighted by Gasteiger charge is -2.25. The van der Waals surface area contributed by atoms with Crippen LogP contribution in [0.15, 0.2) is 48.5 Å². The fourth-order valence-electron chi connectivity index (χ4n) is 2.91. The molecular weight excluding hydrogens is 312 g/mol. The van der Waals surface area contributed by atoms with Crippen LogP contribution >= 0.6 is 11.6 Å². The summed E-state index contributed by atoms with van der Waals surface area (Å²) in [7, 11) is 1.65. The minimum absolute atomic E-state index is 0.0781. The smallest absolute Gasteiger partial charge is 0.322 e. The van der Waals surface area contributed by atoms with Crippen LogP contribution in [-0.4, -0.2) is 24.6 Å². The highest BCUT2D eigenvalue weighted by atomic mass is 35.5. The number of carbonyl (C=O) groups is 1. The highest BCUT2D eigenvalue weighted by molar-refractivity contribution is 6.30. The molecule has 0 saturated carbocycles. The third kappa shape index (κ3) is 3.59. The molecule has 0 radical (unpaired) electrons. The van der Waals surface area contributed by atoms with E-state index in [1.54, 1.807) is 31.4 Å². The topological polar surface area (TPSA) is 41.6 Å². The van der Waals surface area contributed by atoms with E-state index in [2.05, 4.69) is 5.32 Å². The Hall–Kier alpha value is -2.20. The molecule has 5 heteroatoms. The van der Waals surface area contributed by atoms with Crippen LogP contribution in [0.1, 0.15) is 24.4 Å². The molecule has 23 heavy (non-hydrogen) atoms. The minimum Gasteiger partial charge on any atom is -0.497 e. The zero-order valence-corrected chi connectivity index (χ0v) is 13.7. The summed E-state index contributed by atoms with van der Waals surface area (Å²) < 4.78 is 5.19. The predicted octanol–water partition coefficient (Wildman–Crippen LogP) is 4.72. The number of hydrogen-bond donors (Lipinski definition) is 1. The van der Waals surface area contributed by atoms with Gasteiger partial charge in [0.05, 0.1) is 13.2 Å². The summed E-state index contributed by atoms with van der Waals surface area (Å²) in [6.45, 7) is 0.760. The predicted molar refractivity (Wildman–Crippen MR) is 92.1 cm³/mol. The van der Waals surface area contributed by atoms with Gasteiger partial charge in [0.25, 0.3) is 0 Å². The first-order valence-corrected chi connectivity index (χ1v) is 8.02. The molecule has 0 bridgehead atoms. The molecule has 0 spiro atoms. The molecule has 1 saturated heterocycles. The van der Waals surface area contributed by atoms with Gasteiger partial charge in [0, 0.05) is 17.3 Å². The average molecular weight is 331 g/mol. The van der Waals surface area contributed by atoms with Crippen molar-refractivity contribution in [2.75, 3.05) is 19.0 Å². The van der Waals surface area contributed by atoms with Crippen molar-refractivity contribution in [2.24, 2.45) is 0 Å². The SMILES string of the molecule is COc1ccc(C2CCCN2C(=O)Nc2ccc(Cl)cc2)cc1. The standard InChI is InChI=1S/C18H19ClN2O2/c1-23-16-10-4-13(5-11-16)17-3-2-12-21(17)18(22)20-15-8-6-14(19)7-9-15/h4-11,17H,2-3,12H2,1H3,(H,20,22). The maximum atomic E-state index is 12.6. The molecule has 1 unspecified atom stereocenters. The van der Waals surface area contributed by atoms with Crippen molar-refractivity contribution in [1.82, 2.24) is 4.90 Å². The van der Waals surface area contributed by atoms with E-state index in [0.29, 0.717) is 5.02 Å². The van der Waals surface area contributed by atoms with Gasteiger partial charge in [-0.05, 0) is 54.8 Å². The van der Waals surface area contributed by atoms with Crippen molar-refractivity contribution in [2.45, 2.75) is 18.9 Å². The highest BCUT2D eigenvalue weighted by Gasteiger charge is 2.29. The van der Waals surface area contributed by atoms with Crippen LogP contribution in [0, 0.1) is 0 Å². The number of halogens is 1. The van der Waals surface area contributed by atoms with Gasteiger partial charge < -0.3 is 15.0 Å². The number of likely N-dealkylation sites (tertiary alicyclic amines) is 1. The van der Waals surface area contributed by atoms with Gasteiger partial charge in [0.1, 0.15) is 5.75 Å². The largest absolute Gasteiger partial charge is 0.497 e. The van der Waals surface area contributed by atoms with Crippen molar-refractivity contribution in [3.63, 3.8) is 0 Å². The molecule has 0 aromatic heterocycles. The summed E-state index contributed by atoms with van der Waals surface area (Å²) in [5.74, 6) is 0.823. The number of methoxy groups -OCH3 is 1. The number of carbonyl (C=O) groups excluding carboxylic acids is 1. The number of urea groups is 1. The van der Waals surface area contributed by atoms with Gasteiger partial charge in [0.2, 0.25) is 0 Å². The van der Waals surface area contributed by atoms with Gasteiger partial charge in [0.15, 0.2) is 0 Å². The van der Waals surface area contributed by atoms with E-state index < -0.39 is 0 Å². The minimum atomic E-state index is -0.0781. The van der Waals surface area contributed by atoms with Crippen molar-refractivity contribution >= 4 is 23.3 Å². The molecule has 1 N–H and O–H groups in total. The Morgan fingerprint density at radius 2 is 1.87 bits per heavy atom. The molecule has 1 aliphatic rings. The monoisotopic (exact) mass is 330 g/mol. The number of rotatable bonds is 3. The fourth-order valence-corrected chi connectivity index (χ4v) is 3.04. The molecule has 2 aromatic carbocycles. The summed E-state index contributed by atoms with van der Waals surface area (Å²) >= 11 is 5.87. The number of ether oxygens (including phenoxy) is 1. The summed E-state index contributed by atoms with van der Waals surface area (Å²) in [5, 5.41) is 3.59. The maximum absolute atomic E-state index is 12.6. The zero-order chi connectivity index (χ0) is 16.2. The van der Waals surface area contributed by atoms with Gasteiger partial charge in [-0.1, -0.05) is 23.7 Å². The van der Waals surface area contributed by atoms with E-state index in [9.17, 15) is 4.79 Å². The van der Waals surface area contributed by atoms with Crippen molar-refractivity contribution < 1.29 is 9.53 Å². The number of anilines is 1. The van der Waals surface area contributed by atoms with Crippen LogP contribution < -0.4 is 10.1 Å². The Morgan fingerprint density at radius 1 is 1.17 bits per heavy atom. The summed E-state index contributed by atoms with van der Waals surface area (Å²) in [5.41, 5.74) is 1.88. The number of amides is 2. The number of hydrogen-bond acceptors (Lipinski definition) is 2. The third-order valence-corrected chi connectivity index (χ3v) is 4.36. The van der Waals surface area contributed by atoms with Gasteiger partial charge >= 0.3 is 6.03 Å². The molecule has 1 aliphatic heterocycles. The number of benzene rings is 2. The lowest BCUT2D eigenvalue weighted by molar-refractivity contribution is 0.207. The molecule has 1 fully saturated rings. The van der Waals surface area contributed by atoms with Crippen LogP contribution in [0.2, 0.25) is 5.02 Å². The molecule has 120 valence electrons.